The first kappa shape index (κ1) is 14.2. The van der Waals surface area contributed by atoms with E-state index in [1.807, 2.05) is 11.8 Å². The van der Waals surface area contributed by atoms with Crippen molar-refractivity contribution < 1.29 is 4.79 Å². The highest BCUT2D eigenvalue weighted by Crippen LogP contribution is 2.27. The molecule has 1 aliphatic rings. The SMILES string of the molecule is CNc1cc(C(=O)NC2CCCC(SC)C2)ccn1. The van der Waals surface area contributed by atoms with Gasteiger partial charge in [-0.05, 0) is 37.7 Å². The average Bonchev–Trinajstić information content (AvgIpc) is 2.47. The minimum atomic E-state index is 0.00523. The van der Waals surface area contributed by atoms with Crippen LogP contribution in [0.1, 0.15) is 36.0 Å². The first-order valence-corrected chi connectivity index (χ1v) is 7.99. The van der Waals surface area contributed by atoms with Gasteiger partial charge in [0, 0.05) is 30.1 Å². The third-order valence-corrected chi connectivity index (χ3v) is 4.67. The number of nitrogens with one attached hydrogen (secondary N) is 2. The lowest BCUT2D eigenvalue weighted by atomic mass is 9.94. The van der Waals surface area contributed by atoms with Gasteiger partial charge in [-0.15, -0.1) is 0 Å². The number of hydrogen-bond acceptors (Lipinski definition) is 4. The molecule has 2 rings (SSSR count). The fourth-order valence-corrected chi connectivity index (χ4v) is 3.29. The molecule has 1 aromatic rings. The molecule has 1 aromatic heterocycles. The summed E-state index contributed by atoms with van der Waals surface area (Å²) in [7, 11) is 1.80. The van der Waals surface area contributed by atoms with Gasteiger partial charge in [0.2, 0.25) is 0 Å². The van der Waals surface area contributed by atoms with E-state index in [9.17, 15) is 4.79 Å². The molecule has 1 fully saturated rings. The molecule has 104 valence electrons. The summed E-state index contributed by atoms with van der Waals surface area (Å²) in [6, 6.07) is 3.85. The van der Waals surface area contributed by atoms with Crippen LogP contribution < -0.4 is 10.6 Å². The van der Waals surface area contributed by atoms with E-state index in [0.29, 0.717) is 16.9 Å². The molecule has 0 spiro atoms. The standard InChI is InChI=1S/C14H21N3OS/c1-15-13-8-10(6-7-16-13)14(18)17-11-4-3-5-12(9-11)19-2/h6-8,11-12H,3-5,9H2,1-2H3,(H,15,16)(H,17,18). The van der Waals surface area contributed by atoms with Crippen molar-refractivity contribution in [1.29, 1.82) is 0 Å². The number of anilines is 1. The Hall–Kier alpha value is -1.23. The normalized spacial score (nSPS) is 22.8. The minimum absolute atomic E-state index is 0.00523. The van der Waals surface area contributed by atoms with E-state index in [-0.39, 0.29) is 5.91 Å². The molecule has 0 saturated heterocycles. The first-order chi connectivity index (χ1) is 9.22. The van der Waals surface area contributed by atoms with Crippen molar-refractivity contribution in [3.8, 4) is 0 Å². The van der Waals surface area contributed by atoms with Crippen LogP contribution in [0.5, 0.6) is 0 Å². The molecule has 1 saturated carbocycles. The van der Waals surface area contributed by atoms with Crippen LogP contribution in [0.15, 0.2) is 18.3 Å². The highest BCUT2D eigenvalue weighted by molar-refractivity contribution is 7.99. The molecule has 2 N–H and O–H groups in total. The van der Waals surface area contributed by atoms with E-state index in [2.05, 4.69) is 21.9 Å². The van der Waals surface area contributed by atoms with E-state index in [1.54, 1.807) is 25.4 Å². The van der Waals surface area contributed by atoms with Crippen LogP contribution in [-0.2, 0) is 0 Å². The summed E-state index contributed by atoms with van der Waals surface area (Å²) in [6.07, 6.45) is 8.45. The summed E-state index contributed by atoms with van der Waals surface area (Å²) in [5, 5.41) is 6.78. The van der Waals surface area contributed by atoms with Crippen LogP contribution in [0.2, 0.25) is 0 Å². The Morgan fingerprint density at radius 1 is 1.47 bits per heavy atom. The van der Waals surface area contributed by atoms with Gasteiger partial charge in [-0.1, -0.05) is 6.42 Å². The molecule has 4 nitrogen and oxygen atoms in total. The number of hydrogen-bond donors (Lipinski definition) is 2. The topological polar surface area (TPSA) is 54.0 Å². The number of amides is 1. The Labute approximate surface area is 118 Å². The number of thioether (sulfide) groups is 1. The van der Waals surface area contributed by atoms with Crippen molar-refractivity contribution in [3.63, 3.8) is 0 Å². The quantitative estimate of drug-likeness (QED) is 0.889. The summed E-state index contributed by atoms with van der Waals surface area (Å²) in [6.45, 7) is 0. The zero-order chi connectivity index (χ0) is 13.7. The number of rotatable bonds is 4. The van der Waals surface area contributed by atoms with Gasteiger partial charge in [-0.2, -0.15) is 11.8 Å². The zero-order valence-corrected chi connectivity index (χ0v) is 12.3. The molecule has 1 amide bonds. The van der Waals surface area contributed by atoms with Crippen LogP contribution in [0.4, 0.5) is 5.82 Å². The second kappa shape index (κ2) is 6.80. The fourth-order valence-electron chi connectivity index (χ4n) is 2.47. The smallest absolute Gasteiger partial charge is 0.251 e. The molecule has 0 bridgehead atoms. The summed E-state index contributed by atoms with van der Waals surface area (Å²) in [5.41, 5.74) is 0.672. The van der Waals surface area contributed by atoms with Crippen molar-refractivity contribution >= 4 is 23.5 Å². The van der Waals surface area contributed by atoms with E-state index < -0.39 is 0 Å². The maximum atomic E-state index is 12.2. The molecule has 0 radical (unpaired) electrons. The van der Waals surface area contributed by atoms with Crippen LogP contribution in [0.3, 0.4) is 0 Å². The highest BCUT2D eigenvalue weighted by Gasteiger charge is 2.23. The van der Waals surface area contributed by atoms with E-state index in [0.717, 1.165) is 18.7 Å². The summed E-state index contributed by atoms with van der Waals surface area (Å²) >= 11 is 1.91. The third kappa shape index (κ3) is 3.86. The minimum Gasteiger partial charge on any atom is -0.373 e. The van der Waals surface area contributed by atoms with Crippen molar-refractivity contribution in [2.24, 2.45) is 0 Å². The maximum Gasteiger partial charge on any atom is 0.251 e. The van der Waals surface area contributed by atoms with Gasteiger partial charge >= 0.3 is 0 Å². The van der Waals surface area contributed by atoms with E-state index in [1.165, 1.54) is 12.8 Å². The number of pyridine rings is 1. The Balaban J connectivity index is 1.96. The molecule has 19 heavy (non-hydrogen) atoms. The number of carbonyl (C=O) groups excluding carboxylic acids is 1. The molecular formula is C14H21N3OS. The van der Waals surface area contributed by atoms with Gasteiger partial charge in [0.15, 0.2) is 0 Å². The lowest BCUT2D eigenvalue weighted by Gasteiger charge is -2.28. The van der Waals surface area contributed by atoms with Gasteiger partial charge in [-0.25, -0.2) is 4.98 Å². The highest BCUT2D eigenvalue weighted by atomic mass is 32.2. The second-order valence-corrected chi connectivity index (χ2v) is 6.01. The van der Waals surface area contributed by atoms with Crippen molar-refractivity contribution in [2.75, 3.05) is 18.6 Å². The van der Waals surface area contributed by atoms with E-state index >= 15 is 0 Å². The van der Waals surface area contributed by atoms with Crippen molar-refractivity contribution in [1.82, 2.24) is 10.3 Å². The van der Waals surface area contributed by atoms with Crippen LogP contribution in [0.25, 0.3) is 0 Å². The number of carbonyl (C=O) groups is 1. The monoisotopic (exact) mass is 279 g/mol. The molecule has 0 aliphatic heterocycles. The predicted molar refractivity (Wildman–Crippen MR) is 80.8 cm³/mol. The Kier molecular flexibility index (Phi) is 5.07. The summed E-state index contributed by atoms with van der Waals surface area (Å²) in [4.78, 5) is 16.3. The Morgan fingerprint density at radius 2 is 2.32 bits per heavy atom. The van der Waals surface area contributed by atoms with Crippen molar-refractivity contribution in [3.05, 3.63) is 23.9 Å². The number of aromatic nitrogens is 1. The molecule has 2 unspecified atom stereocenters. The van der Waals surface area contributed by atoms with Gasteiger partial charge in [0.05, 0.1) is 0 Å². The van der Waals surface area contributed by atoms with Gasteiger partial charge in [0.1, 0.15) is 5.82 Å². The average molecular weight is 279 g/mol. The summed E-state index contributed by atoms with van der Waals surface area (Å²) in [5.74, 6) is 0.726. The molecule has 0 aromatic carbocycles. The maximum absolute atomic E-state index is 12.2. The second-order valence-electron chi connectivity index (χ2n) is 4.87. The number of nitrogens with zero attached hydrogens (tertiary/aromatic N) is 1. The first-order valence-electron chi connectivity index (χ1n) is 6.70. The van der Waals surface area contributed by atoms with Gasteiger partial charge in [-0.3, -0.25) is 4.79 Å². The van der Waals surface area contributed by atoms with Gasteiger partial charge < -0.3 is 10.6 Å². The fraction of sp³-hybridized carbons (Fsp3) is 0.571. The van der Waals surface area contributed by atoms with E-state index in [4.69, 9.17) is 0 Å². The molecule has 1 aliphatic carbocycles. The van der Waals surface area contributed by atoms with Gasteiger partial charge in [0.25, 0.3) is 5.91 Å². The van der Waals surface area contributed by atoms with Crippen LogP contribution in [-0.4, -0.2) is 35.5 Å². The molecule has 2 atom stereocenters. The van der Waals surface area contributed by atoms with Crippen LogP contribution in [0, 0.1) is 0 Å². The Morgan fingerprint density at radius 3 is 3.05 bits per heavy atom. The van der Waals surface area contributed by atoms with Crippen molar-refractivity contribution in [2.45, 2.75) is 37.0 Å². The summed E-state index contributed by atoms with van der Waals surface area (Å²) < 4.78 is 0. The van der Waals surface area contributed by atoms with Crippen LogP contribution >= 0.6 is 11.8 Å². The largest absolute Gasteiger partial charge is 0.373 e. The zero-order valence-electron chi connectivity index (χ0n) is 11.5. The lowest BCUT2D eigenvalue weighted by Crippen LogP contribution is -2.39. The third-order valence-electron chi connectivity index (χ3n) is 3.57. The molecule has 5 heteroatoms. The molecular weight excluding hydrogens is 258 g/mol. The predicted octanol–water partition coefficient (Wildman–Crippen LogP) is 2.53. The Bertz CT molecular complexity index is 438. The lowest BCUT2D eigenvalue weighted by molar-refractivity contribution is 0.0928. The molecule has 1 heterocycles.